The standard InChI is InChI=1S/C23H27ClO5/c1-23(26)13-19(29-22(25)14-23)5-3-4-16-8-11-20(21(12-16)27-2)28-15-17-6-9-18(24)10-7-17/h6-12,19,26H,3-5,13-15H2,1-2H3. The number of hydrogen-bond donors (Lipinski definition) is 1. The molecular weight excluding hydrogens is 392 g/mol. The second kappa shape index (κ2) is 9.51. The number of benzene rings is 2. The van der Waals surface area contributed by atoms with E-state index < -0.39 is 5.60 Å². The topological polar surface area (TPSA) is 65.0 Å². The smallest absolute Gasteiger partial charge is 0.308 e. The van der Waals surface area contributed by atoms with E-state index in [0.717, 1.165) is 30.4 Å². The highest BCUT2D eigenvalue weighted by Crippen LogP contribution is 2.31. The summed E-state index contributed by atoms with van der Waals surface area (Å²) in [4.78, 5) is 11.6. The van der Waals surface area contributed by atoms with Crippen LogP contribution in [0.2, 0.25) is 5.02 Å². The number of aryl methyl sites for hydroxylation is 1. The molecule has 1 aliphatic heterocycles. The van der Waals surface area contributed by atoms with Gasteiger partial charge < -0.3 is 19.3 Å². The third-order valence-electron chi connectivity index (χ3n) is 5.02. The van der Waals surface area contributed by atoms with Crippen molar-refractivity contribution >= 4 is 17.6 Å². The molecule has 5 nitrogen and oxygen atoms in total. The van der Waals surface area contributed by atoms with Gasteiger partial charge in [0.2, 0.25) is 0 Å². The molecule has 0 amide bonds. The summed E-state index contributed by atoms with van der Waals surface area (Å²) in [5.74, 6) is 1.04. The minimum absolute atomic E-state index is 0.0676. The highest BCUT2D eigenvalue weighted by molar-refractivity contribution is 6.30. The fraction of sp³-hybridized carbons (Fsp3) is 0.435. The van der Waals surface area contributed by atoms with Crippen molar-refractivity contribution < 1.29 is 24.1 Å². The molecule has 0 radical (unpaired) electrons. The van der Waals surface area contributed by atoms with E-state index in [-0.39, 0.29) is 18.5 Å². The third-order valence-corrected chi connectivity index (χ3v) is 5.27. The molecule has 2 atom stereocenters. The van der Waals surface area contributed by atoms with Gasteiger partial charge in [0.25, 0.3) is 0 Å². The van der Waals surface area contributed by atoms with Crippen molar-refractivity contribution in [2.24, 2.45) is 0 Å². The lowest BCUT2D eigenvalue weighted by Crippen LogP contribution is -2.40. The summed E-state index contributed by atoms with van der Waals surface area (Å²) in [6, 6.07) is 13.4. The monoisotopic (exact) mass is 418 g/mol. The molecule has 0 spiro atoms. The van der Waals surface area contributed by atoms with Crippen LogP contribution in [0.15, 0.2) is 42.5 Å². The van der Waals surface area contributed by atoms with Crippen LogP contribution in [0, 0.1) is 0 Å². The Morgan fingerprint density at radius 3 is 2.59 bits per heavy atom. The summed E-state index contributed by atoms with van der Waals surface area (Å²) in [6.07, 6.45) is 2.72. The predicted molar refractivity (Wildman–Crippen MR) is 111 cm³/mol. The Labute approximate surface area is 176 Å². The van der Waals surface area contributed by atoms with Crippen molar-refractivity contribution in [3.05, 3.63) is 58.6 Å². The van der Waals surface area contributed by atoms with E-state index in [0.29, 0.717) is 29.5 Å². The van der Waals surface area contributed by atoms with Crippen molar-refractivity contribution in [1.82, 2.24) is 0 Å². The first kappa shape index (κ1) is 21.5. The Hall–Kier alpha value is -2.24. The molecule has 2 aromatic carbocycles. The molecule has 1 heterocycles. The summed E-state index contributed by atoms with van der Waals surface area (Å²) in [7, 11) is 1.62. The van der Waals surface area contributed by atoms with Crippen molar-refractivity contribution in [3.63, 3.8) is 0 Å². The molecular formula is C23H27ClO5. The summed E-state index contributed by atoms with van der Waals surface area (Å²) in [5.41, 5.74) is 1.18. The van der Waals surface area contributed by atoms with Crippen LogP contribution in [0.3, 0.4) is 0 Å². The lowest BCUT2D eigenvalue weighted by Gasteiger charge is -2.33. The van der Waals surface area contributed by atoms with Gasteiger partial charge in [0.15, 0.2) is 11.5 Å². The van der Waals surface area contributed by atoms with Gasteiger partial charge >= 0.3 is 5.97 Å². The molecule has 0 aromatic heterocycles. The molecule has 29 heavy (non-hydrogen) atoms. The maximum absolute atomic E-state index is 11.6. The number of carbonyl (C=O) groups excluding carboxylic acids is 1. The minimum atomic E-state index is -0.966. The predicted octanol–water partition coefficient (Wildman–Crippen LogP) is 4.71. The molecule has 2 aromatic rings. The number of methoxy groups -OCH3 is 1. The Balaban J connectivity index is 1.53. The summed E-state index contributed by atoms with van der Waals surface area (Å²) in [5, 5.41) is 10.8. The molecule has 0 saturated carbocycles. The summed E-state index contributed by atoms with van der Waals surface area (Å²) < 4.78 is 16.7. The summed E-state index contributed by atoms with van der Waals surface area (Å²) >= 11 is 5.91. The van der Waals surface area contributed by atoms with Gasteiger partial charge in [-0.2, -0.15) is 0 Å². The number of cyclic esters (lactones) is 1. The van der Waals surface area contributed by atoms with Crippen molar-refractivity contribution in [2.45, 2.75) is 57.3 Å². The number of rotatable bonds is 8. The van der Waals surface area contributed by atoms with Crippen LogP contribution in [0.5, 0.6) is 11.5 Å². The Kier molecular flexibility index (Phi) is 7.04. The van der Waals surface area contributed by atoms with E-state index in [1.807, 2.05) is 42.5 Å². The van der Waals surface area contributed by atoms with Gasteiger partial charge in [-0.3, -0.25) is 4.79 Å². The van der Waals surface area contributed by atoms with Gasteiger partial charge in [-0.15, -0.1) is 0 Å². The average Bonchev–Trinajstić information content (AvgIpc) is 2.66. The Morgan fingerprint density at radius 1 is 1.17 bits per heavy atom. The van der Waals surface area contributed by atoms with E-state index in [9.17, 15) is 9.90 Å². The van der Waals surface area contributed by atoms with Crippen LogP contribution in [0.25, 0.3) is 0 Å². The maximum atomic E-state index is 11.6. The van der Waals surface area contributed by atoms with Crippen LogP contribution < -0.4 is 9.47 Å². The lowest BCUT2D eigenvalue weighted by atomic mass is 9.90. The van der Waals surface area contributed by atoms with Crippen molar-refractivity contribution in [3.8, 4) is 11.5 Å². The van der Waals surface area contributed by atoms with Crippen molar-refractivity contribution in [2.75, 3.05) is 7.11 Å². The number of aliphatic hydroxyl groups is 1. The normalized spacial score (nSPS) is 21.5. The van der Waals surface area contributed by atoms with E-state index >= 15 is 0 Å². The van der Waals surface area contributed by atoms with Gasteiger partial charge in [0, 0.05) is 11.4 Å². The van der Waals surface area contributed by atoms with Crippen LogP contribution >= 0.6 is 11.6 Å². The molecule has 156 valence electrons. The molecule has 2 unspecified atom stereocenters. The maximum Gasteiger partial charge on any atom is 0.308 e. The van der Waals surface area contributed by atoms with Gasteiger partial charge in [-0.25, -0.2) is 0 Å². The number of carbonyl (C=O) groups is 1. The van der Waals surface area contributed by atoms with Gasteiger partial charge in [-0.05, 0) is 61.6 Å². The third kappa shape index (κ3) is 6.38. The molecule has 1 fully saturated rings. The second-order valence-electron chi connectivity index (χ2n) is 7.78. The zero-order valence-corrected chi connectivity index (χ0v) is 17.6. The Morgan fingerprint density at radius 2 is 1.90 bits per heavy atom. The van der Waals surface area contributed by atoms with Crippen LogP contribution in [0.4, 0.5) is 0 Å². The Bertz CT molecular complexity index is 832. The largest absolute Gasteiger partial charge is 0.493 e. The summed E-state index contributed by atoms with van der Waals surface area (Å²) in [6.45, 7) is 2.12. The van der Waals surface area contributed by atoms with E-state index in [4.69, 9.17) is 25.8 Å². The fourth-order valence-corrected chi connectivity index (χ4v) is 3.69. The second-order valence-corrected chi connectivity index (χ2v) is 8.22. The van der Waals surface area contributed by atoms with E-state index in [1.165, 1.54) is 0 Å². The molecule has 0 bridgehead atoms. The number of ether oxygens (including phenoxy) is 3. The van der Waals surface area contributed by atoms with Gasteiger partial charge in [0.1, 0.15) is 12.7 Å². The SMILES string of the molecule is COc1cc(CCCC2CC(C)(O)CC(=O)O2)ccc1OCc1ccc(Cl)cc1. The van der Waals surface area contributed by atoms with Crippen molar-refractivity contribution in [1.29, 1.82) is 0 Å². The van der Waals surface area contributed by atoms with Crippen LogP contribution in [-0.4, -0.2) is 29.9 Å². The molecule has 1 aliphatic rings. The van der Waals surface area contributed by atoms with E-state index in [2.05, 4.69) is 0 Å². The molecule has 6 heteroatoms. The average molecular weight is 419 g/mol. The first-order valence-electron chi connectivity index (χ1n) is 9.81. The first-order valence-corrected chi connectivity index (χ1v) is 10.2. The highest BCUT2D eigenvalue weighted by atomic mass is 35.5. The van der Waals surface area contributed by atoms with E-state index in [1.54, 1.807) is 14.0 Å². The first-order chi connectivity index (χ1) is 13.8. The quantitative estimate of drug-likeness (QED) is 0.629. The number of halogens is 1. The minimum Gasteiger partial charge on any atom is -0.493 e. The number of esters is 1. The zero-order chi connectivity index (χ0) is 20.9. The lowest BCUT2D eigenvalue weighted by molar-refractivity contribution is -0.168. The molecule has 0 aliphatic carbocycles. The van der Waals surface area contributed by atoms with Gasteiger partial charge in [-0.1, -0.05) is 29.8 Å². The van der Waals surface area contributed by atoms with Gasteiger partial charge in [0.05, 0.1) is 19.1 Å². The van der Waals surface area contributed by atoms with Crippen LogP contribution in [0.1, 0.15) is 43.7 Å². The molecule has 1 N–H and O–H groups in total. The molecule has 3 rings (SSSR count). The fourth-order valence-electron chi connectivity index (χ4n) is 3.57. The highest BCUT2D eigenvalue weighted by Gasteiger charge is 2.35. The zero-order valence-electron chi connectivity index (χ0n) is 16.8. The molecule has 1 saturated heterocycles. The number of hydrogen-bond acceptors (Lipinski definition) is 5. The van der Waals surface area contributed by atoms with Crippen LogP contribution in [-0.2, 0) is 22.6 Å².